The topological polar surface area (TPSA) is 9.23 Å². The summed E-state index contributed by atoms with van der Waals surface area (Å²) in [6.07, 6.45) is 0.574. The standard InChI is InChI=1S/C7H13FO/c1-6(2)7(8)3-4-9-5-7/h6H,3-5H2,1-2H3. The number of halogens is 1. The first-order valence-corrected chi connectivity index (χ1v) is 3.42. The van der Waals surface area contributed by atoms with Crippen molar-refractivity contribution in [1.29, 1.82) is 0 Å². The second-order valence-electron chi connectivity index (χ2n) is 2.99. The minimum Gasteiger partial charge on any atom is -0.378 e. The highest BCUT2D eigenvalue weighted by Crippen LogP contribution is 2.30. The van der Waals surface area contributed by atoms with E-state index in [4.69, 9.17) is 4.74 Å². The van der Waals surface area contributed by atoms with Gasteiger partial charge in [0.25, 0.3) is 0 Å². The molecule has 0 amide bonds. The number of alkyl halides is 1. The largest absolute Gasteiger partial charge is 0.378 e. The summed E-state index contributed by atoms with van der Waals surface area (Å²) < 4.78 is 18.3. The average molecular weight is 132 g/mol. The molecule has 0 aromatic heterocycles. The summed E-state index contributed by atoms with van der Waals surface area (Å²) >= 11 is 0. The molecule has 0 N–H and O–H groups in total. The lowest BCUT2D eigenvalue weighted by Gasteiger charge is -2.20. The van der Waals surface area contributed by atoms with E-state index in [1.807, 2.05) is 13.8 Å². The molecule has 0 aromatic carbocycles. The van der Waals surface area contributed by atoms with Gasteiger partial charge < -0.3 is 4.74 Å². The highest BCUT2D eigenvalue weighted by molar-refractivity contribution is 4.85. The minimum absolute atomic E-state index is 0.0972. The van der Waals surface area contributed by atoms with E-state index in [1.165, 1.54) is 0 Å². The molecule has 1 rings (SSSR count). The van der Waals surface area contributed by atoms with E-state index in [1.54, 1.807) is 0 Å². The van der Waals surface area contributed by atoms with Gasteiger partial charge in [0, 0.05) is 13.0 Å². The maximum Gasteiger partial charge on any atom is 0.138 e. The molecule has 1 aliphatic heterocycles. The second kappa shape index (κ2) is 2.25. The maximum atomic E-state index is 13.3. The highest BCUT2D eigenvalue weighted by atomic mass is 19.1. The quantitative estimate of drug-likeness (QED) is 0.528. The number of ether oxygens (including phenoxy) is 1. The molecule has 1 fully saturated rings. The van der Waals surface area contributed by atoms with Gasteiger partial charge >= 0.3 is 0 Å². The predicted octanol–water partition coefficient (Wildman–Crippen LogP) is 1.77. The van der Waals surface area contributed by atoms with Crippen molar-refractivity contribution in [2.75, 3.05) is 13.2 Å². The molecule has 1 saturated heterocycles. The Bertz CT molecular complexity index is 95.1. The fraction of sp³-hybridized carbons (Fsp3) is 1.00. The molecule has 1 atom stereocenters. The summed E-state index contributed by atoms with van der Waals surface area (Å²) in [6.45, 7) is 4.68. The van der Waals surface area contributed by atoms with Gasteiger partial charge in [0.2, 0.25) is 0 Å². The summed E-state index contributed by atoms with van der Waals surface area (Å²) in [5.74, 6) is 0.0972. The van der Waals surface area contributed by atoms with Gasteiger partial charge in [-0.3, -0.25) is 0 Å². The van der Waals surface area contributed by atoms with Crippen molar-refractivity contribution in [2.24, 2.45) is 5.92 Å². The molecular formula is C7H13FO. The van der Waals surface area contributed by atoms with Crippen LogP contribution in [0.5, 0.6) is 0 Å². The van der Waals surface area contributed by atoms with Gasteiger partial charge in [-0.1, -0.05) is 13.8 Å². The van der Waals surface area contributed by atoms with Crippen LogP contribution in [0, 0.1) is 5.92 Å². The van der Waals surface area contributed by atoms with Gasteiger partial charge in [0.15, 0.2) is 0 Å². The molecule has 1 unspecified atom stereocenters. The lowest BCUT2D eigenvalue weighted by molar-refractivity contribution is 0.0730. The van der Waals surface area contributed by atoms with Gasteiger partial charge in [-0.25, -0.2) is 4.39 Å². The van der Waals surface area contributed by atoms with Crippen LogP contribution in [0.4, 0.5) is 4.39 Å². The molecule has 9 heavy (non-hydrogen) atoms. The molecule has 0 saturated carbocycles. The third-order valence-electron chi connectivity index (χ3n) is 2.04. The smallest absolute Gasteiger partial charge is 0.138 e. The van der Waals surface area contributed by atoms with Crippen LogP contribution in [0.1, 0.15) is 20.3 Å². The van der Waals surface area contributed by atoms with Crippen LogP contribution in [-0.4, -0.2) is 18.9 Å². The van der Waals surface area contributed by atoms with Crippen LogP contribution in [-0.2, 0) is 4.74 Å². The molecule has 1 aliphatic rings. The van der Waals surface area contributed by atoms with Crippen molar-refractivity contribution in [1.82, 2.24) is 0 Å². The third kappa shape index (κ3) is 1.23. The number of rotatable bonds is 1. The van der Waals surface area contributed by atoms with Crippen LogP contribution in [0.15, 0.2) is 0 Å². The molecule has 0 aromatic rings. The SMILES string of the molecule is CC(C)C1(F)CCOC1. The summed E-state index contributed by atoms with van der Waals surface area (Å²) in [5, 5.41) is 0. The Labute approximate surface area is 55.2 Å². The Morgan fingerprint density at radius 1 is 1.56 bits per heavy atom. The normalized spacial score (nSPS) is 36.0. The van der Waals surface area contributed by atoms with Crippen molar-refractivity contribution in [3.63, 3.8) is 0 Å². The van der Waals surface area contributed by atoms with Crippen LogP contribution in [0.3, 0.4) is 0 Å². The zero-order chi connectivity index (χ0) is 6.91. The van der Waals surface area contributed by atoms with Crippen LogP contribution in [0.2, 0.25) is 0 Å². The fourth-order valence-corrected chi connectivity index (χ4v) is 1.01. The lowest BCUT2D eigenvalue weighted by Crippen LogP contribution is -2.29. The molecule has 0 bridgehead atoms. The van der Waals surface area contributed by atoms with Crippen LogP contribution in [0.25, 0.3) is 0 Å². The first kappa shape index (κ1) is 7.00. The zero-order valence-corrected chi connectivity index (χ0v) is 5.98. The van der Waals surface area contributed by atoms with E-state index in [0.717, 1.165) is 0 Å². The molecule has 2 heteroatoms. The third-order valence-corrected chi connectivity index (χ3v) is 2.04. The first-order valence-electron chi connectivity index (χ1n) is 3.42. The molecule has 0 spiro atoms. The minimum atomic E-state index is -1.03. The van der Waals surface area contributed by atoms with Crippen molar-refractivity contribution in [3.8, 4) is 0 Å². The van der Waals surface area contributed by atoms with Crippen LogP contribution >= 0.6 is 0 Å². The van der Waals surface area contributed by atoms with Crippen molar-refractivity contribution >= 4 is 0 Å². The summed E-state index contributed by atoms with van der Waals surface area (Å²) in [4.78, 5) is 0. The van der Waals surface area contributed by atoms with Gasteiger partial charge in [0.05, 0.1) is 6.61 Å². The predicted molar refractivity (Wildman–Crippen MR) is 34.1 cm³/mol. The summed E-state index contributed by atoms with van der Waals surface area (Å²) in [5.41, 5.74) is -1.03. The lowest BCUT2D eigenvalue weighted by atomic mass is 9.92. The van der Waals surface area contributed by atoms with E-state index in [0.29, 0.717) is 19.6 Å². The Morgan fingerprint density at radius 3 is 2.44 bits per heavy atom. The van der Waals surface area contributed by atoms with E-state index >= 15 is 0 Å². The molecule has 54 valence electrons. The van der Waals surface area contributed by atoms with Crippen LogP contribution < -0.4 is 0 Å². The van der Waals surface area contributed by atoms with Gasteiger partial charge in [-0.2, -0.15) is 0 Å². The first-order chi connectivity index (χ1) is 4.15. The van der Waals surface area contributed by atoms with Crippen molar-refractivity contribution in [2.45, 2.75) is 25.9 Å². The monoisotopic (exact) mass is 132 g/mol. The van der Waals surface area contributed by atoms with E-state index in [-0.39, 0.29) is 5.92 Å². The molecule has 0 radical (unpaired) electrons. The number of hydrogen-bond acceptors (Lipinski definition) is 1. The maximum absolute atomic E-state index is 13.3. The van der Waals surface area contributed by atoms with Gasteiger partial charge in [0.1, 0.15) is 5.67 Å². The van der Waals surface area contributed by atoms with Gasteiger partial charge in [-0.05, 0) is 5.92 Å². The summed E-state index contributed by atoms with van der Waals surface area (Å²) in [6, 6.07) is 0. The molecule has 0 aliphatic carbocycles. The Kier molecular flexibility index (Phi) is 1.75. The van der Waals surface area contributed by atoms with Crippen molar-refractivity contribution in [3.05, 3.63) is 0 Å². The Balaban J connectivity index is 2.51. The number of hydrogen-bond donors (Lipinski definition) is 0. The molecule has 1 nitrogen and oxygen atoms in total. The Hall–Kier alpha value is -0.110. The summed E-state index contributed by atoms with van der Waals surface area (Å²) in [7, 11) is 0. The van der Waals surface area contributed by atoms with E-state index in [9.17, 15) is 4.39 Å². The van der Waals surface area contributed by atoms with E-state index in [2.05, 4.69) is 0 Å². The van der Waals surface area contributed by atoms with Crippen molar-refractivity contribution < 1.29 is 9.13 Å². The average Bonchev–Trinajstić information content (AvgIpc) is 2.16. The molecular weight excluding hydrogens is 119 g/mol. The Morgan fingerprint density at radius 2 is 2.22 bits per heavy atom. The highest BCUT2D eigenvalue weighted by Gasteiger charge is 2.37. The fourth-order valence-electron chi connectivity index (χ4n) is 1.01. The molecule has 1 heterocycles. The second-order valence-corrected chi connectivity index (χ2v) is 2.99. The van der Waals surface area contributed by atoms with E-state index < -0.39 is 5.67 Å². The zero-order valence-electron chi connectivity index (χ0n) is 5.98. The van der Waals surface area contributed by atoms with Gasteiger partial charge in [-0.15, -0.1) is 0 Å².